The molecular formula is C60H88N6O26. The maximum Gasteiger partial charge on any atom is 0.334 e. The molecule has 13 N–H and O–H groups in total. The average molecular weight is 1310 g/mol. The summed E-state index contributed by atoms with van der Waals surface area (Å²) in [4.78, 5) is 190. The summed E-state index contributed by atoms with van der Waals surface area (Å²) in [6.07, 6.45) is -6.83. The molecule has 92 heavy (non-hydrogen) atoms. The van der Waals surface area contributed by atoms with Crippen LogP contribution in [-0.2, 0) is 95.6 Å². The number of ether oxygens (including phenoxy) is 5. The zero-order valence-electron chi connectivity index (χ0n) is 53.0. The molecule has 2 fully saturated rings. The van der Waals surface area contributed by atoms with E-state index >= 15 is 0 Å². The first-order chi connectivity index (χ1) is 42.9. The average Bonchev–Trinajstić information content (AvgIpc) is 1.54. The number of hydrogen-bond acceptors (Lipinski definition) is 22. The molecule has 3 aliphatic rings. The zero-order valence-corrected chi connectivity index (χ0v) is 53.0. The highest BCUT2D eigenvalue weighted by Crippen LogP contribution is 2.57. The SMILES string of the molecule is C/C=C(/C)C(=O)O[C@H]1C(C)=C2[C@H]([C@@H]1OC(=O)CCCCCCC)[C@@](C)(OC(C)=O)C[C@H](OC(=O)C(C)CC(C)NC(=O)C[C@H](N)C(=O)NC(CCC(=O)N[C@@H](CCC(=O)NC(CCC(=O)N[C@@H](CCC(=O)O)C(=O)O)C(=O)O)C(=O)O)C(=O)O)[C@]1(O)[C@@H](C)C(=O)O[C@@H]21. The van der Waals surface area contributed by atoms with Gasteiger partial charge in [-0.05, 0) is 91.2 Å². The van der Waals surface area contributed by atoms with Crippen molar-refractivity contribution in [3.63, 3.8) is 0 Å². The van der Waals surface area contributed by atoms with Gasteiger partial charge in [-0.1, -0.05) is 45.6 Å². The van der Waals surface area contributed by atoms with Crippen LogP contribution in [0.4, 0.5) is 0 Å². The third kappa shape index (κ3) is 22.1. The molecule has 0 aromatic carbocycles. The molecule has 32 heteroatoms. The molecule has 1 saturated carbocycles. The number of carboxylic acid groups (broad SMARTS) is 5. The van der Waals surface area contributed by atoms with E-state index in [2.05, 4.69) is 26.6 Å². The van der Waals surface area contributed by atoms with Gasteiger partial charge >= 0.3 is 59.7 Å². The number of rotatable bonds is 38. The molecule has 15 atom stereocenters. The first-order valence-corrected chi connectivity index (χ1v) is 30.4. The van der Waals surface area contributed by atoms with Crippen LogP contribution in [0.5, 0.6) is 0 Å². The van der Waals surface area contributed by atoms with Crippen LogP contribution in [0.15, 0.2) is 22.8 Å². The van der Waals surface area contributed by atoms with Crippen LogP contribution in [0.2, 0.25) is 0 Å². The van der Waals surface area contributed by atoms with Gasteiger partial charge in [0.25, 0.3) is 0 Å². The normalized spacial score (nSPS) is 23.9. The highest BCUT2D eigenvalue weighted by molar-refractivity contribution is 5.92. The van der Waals surface area contributed by atoms with Gasteiger partial charge in [0.1, 0.15) is 35.9 Å². The van der Waals surface area contributed by atoms with E-state index < -0.39 is 243 Å². The lowest BCUT2D eigenvalue weighted by atomic mass is 9.78. The molecule has 1 aliphatic heterocycles. The van der Waals surface area contributed by atoms with Crippen molar-refractivity contribution >= 4 is 89.2 Å². The summed E-state index contributed by atoms with van der Waals surface area (Å²) in [5.41, 5.74) is 2.35. The van der Waals surface area contributed by atoms with E-state index in [1.807, 2.05) is 6.92 Å². The predicted molar refractivity (Wildman–Crippen MR) is 314 cm³/mol. The summed E-state index contributed by atoms with van der Waals surface area (Å²) in [6, 6.07) is -9.47. The largest absolute Gasteiger partial charge is 0.481 e. The maximum atomic E-state index is 14.2. The summed E-state index contributed by atoms with van der Waals surface area (Å²) < 4.78 is 30.2. The van der Waals surface area contributed by atoms with E-state index in [4.69, 9.17) is 34.5 Å². The Morgan fingerprint density at radius 1 is 0.685 bits per heavy atom. The number of carboxylic acids is 5. The first-order valence-electron chi connectivity index (χ1n) is 30.4. The summed E-state index contributed by atoms with van der Waals surface area (Å²) in [7, 11) is 0. The number of carbonyl (C=O) groups is 15. The van der Waals surface area contributed by atoms with Crippen molar-refractivity contribution < 1.29 is 126 Å². The number of aliphatic hydroxyl groups is 1. The van der Waals surface area contributed by atoms with Crippen LogP contribution in [0.25, 0.3) is 0 Å². The Hall–Kier alpha value is -8.55. The third-order valence-electron chi connectivity index (χ3n) is 16.4. The van der Waals surface area contributed by atoms with Crippen LogP contribution in [0.3, 0.4) is 0 Å². The van der Waals surface area contributed by atoms with Crippen molar-refractivity contribution in [2.24, 2.45) is 23.5 Å². The van der Waals surface area contributed by atoms with Gasteiger partial charge < -0.3 is 86.6 Å². The number of esters is 5. The molecule has 1 heterocycles. The van der Waals surface area contributed by atoms with Gasteiger partial charge in [0.2, 0.25) is 29.5 Å². The van der Waals surface area contributed by atoms with Gasteiger partial charge in [-0.2, -0.15) is 0 Å². The molecule has 2 aliphatic carbocycles. The second kappa shape index (κ2) is 35.3. The summed E-state index contributed by atoms with van der Waals surface area (Å²) in [5, 5.41) is 71.0. The first kappa shape index (κ1) is 77.7. The minimum absolute atomic E-state index is 0.0152. The van der Waals surface area contributed by atoms with Crippen LogP contribution in [-0.4, -0.2) is 192 Å². The Balaban J connectivity index is 1.67. The monoisotopic (exact) mass is 1310 g/mol. The van der Waals surface area contributed by atoms with Crippen molar-refractivity contribution in [3.8, 4) is 0 Å². The topological polar surface area (TPSA) is 510 Å². The van der Waals surface area contributed by atoms with Gasteiger partial charge in [-0.3, -0.25) is 47.9 Å². The summed E-state index contributed by atoms with van der Waals surface area (Å²) in [5.74, 6) is -20.7. The Kier molecular flexibility index (Phi) is 29.8. The Bertz CT molecular complexity index is 2860. The van der Waals surface area contributed by atoms with E-state index in [9.17, 15) is 97.5 Å². The number of amides is 5. The minimum atomic E-state index is -2.37. The lowest BCUT2D eigenvalue weighted by Crippen LogP contribution is -2.56. The molecule has 5 amide bonds. The number of hydrogen-bond donors (Lipinski definition) is 12. The second-order valence-corrected chi connectivity index (χ2v) is 23.7. The van der Waals surface area contributed by atoms with Crippen LogP contribution >= 0.6 is 0 Å². The molecule has 32 nitrogen and oxygen atoms in total. The fraction of sp³-hybridized carbons (Fsp3) is 0.683. The molecule has 514 valence electrons. The van der Waals surface area contributed by atoms with E-state index in [1.165, 1.54) is 40.7 Å². The number of fused-ring (bicyclic) bond motifs is 3. The van der Waals surface area contributed by atoms with Gasteiger partial charge in [-0.25, -0.2) is 24.0 Å². The smallest absolute Gasteiger partial charge is 0.334 e. The van der Waals surface area contributed by atoms with E-state index in [0.717, 1.165) is 32.6 Å². The zero-order chi connectivity index (χ0) is 69.7. The molecule has 1 saturated heterocycles. The van der Waals surface area contributed by atoms with Crippen molar-refractivity contribution in [2.45, 2.75) is 243 Å². The van der Waals surface area contributed by atoms with Gasteiger partial charge in [-0.15, -0.1) is 0 Å². The fourth-order valence-electron chi connectivity index (χ4n) is 11.2. The minimum Gasteiger partial charge on any atom is -0.481 e. The number of nitrogens with one attached hydrogen (secondary N) is 5. The standard InChI is InChI=1S/C60H88N6O26/c1-10-12-13-14-15-16-45(74)89-49-47-46(31(6)48(49)90-56(84)28(3)11-2)50-60(87,32(7)58(86)91-50)39(27-59(47,9)92-33(8)67)88-57(85)29(4)25-30(5)62-43(71)26-34(61)51(75)66-38(55(82)83)19-23-42(70)64-36(53(78)79)17-21-40(68)63-35(52(76)77)18-22-41(69)65-37(54(80)81)20-24-44(72)73/h11,29-30,32,34-39,47-50,87H,10,12-27,61H2,1-9H3,(H,62,71)(H,63,68)(H,64,70)(H,65,69)(H,66,75)(H,72,73)(H,76,77)(H,78,79)(H,80,81)(H,82,83)/b28-11-/t29?,30?,32-,34-,35?,36-,37-,38?,39-,47+,48-,49-,50-,59-,60+/m0/s1. The lowest BCUT2D eigenvalue weighted by molar-refractivity contribution is -0.195. The molecular weight excluding hydrogens is 1220 g/mol. The third-order valence-corrected chi connectivity index (χ3v) is 16.4. The molecule has 0 bridgehead atoms. The van der Waals surface area contributed by atoms with Crippen LogP contribution < -0.4 is 32.3 Å². The Morgan fingerprint density at radius 2 is 1.17 bits per heavy atom. The highest BCUT2D eigenvalue weighted by Gasteiger charge is 2.71. The Labute approximate surface area is 530 Å². The number of nitrogens with two attached hydrogens (primary N) is 1. The van der Waals surface area contributed by atoms with Crippen molar-refractivity contribution in [3.05, 3.63) is 22.8 Å². The Morgan fingerprint density at radius 3 is 1.64 bits per heavy atom. The van der Waals surface area contributed by atoms with E-state index in [-0.39, 0.29) is 29.6 Å². The van der Waals surface area contributed by atoms with Gasteiger partial charge in [0, 0.05) is 57.1 Å². The van der Waals surface area contributed by atoms with E-state index in [1.54, 1.807) is 13.8 Å². The van der Waals surface area contributed by atoms with Crippen molar-refractivity contribution in [1.29, 1.82) is 0 Å². The molecule has 0 radical (unpaired) electrons. The molecule has 0 aromatic heterocycles. The number of allylic oxidation sites excluding steroid dienone is 1. The number of carbonyl (C=O) groups excluding carboxylic acids is 10. The van der Waals surface area contributed by atoms with Crippen LogP contribution in [0.1, 0.15) is 171 Å². The van der Waals surface area contributed by atoms with Crippen molar-refractivity contribution in [2.75, 3.05) is 0 Å². The molecule has 0 spiro atoms. The quantitative estimate of drug-likeness (QED) is 0.0133. The lowest BCUT2D eigenvalue weighted by Gasteiger charge is -2.40. The highest BCUT2D eigenvalue weighted by atomic mass is 16.6. The number of aliphatic carboxylic acids is 5. The van der Waals surface area contributed by atoms with Gasteiger partial charge in [0.15, 0.2) is 23.9 Å². The second-order valence-electron chi connectivity index (χ2n) is 23.7. The summed E-state index contributed by atoms with van der Waals surface area (Å²) in [6.45, 7) is 13.6. The van der Waals surface area contributed by atoms with Crippen LogP contribution in [0, 0.1) is 17.8 Å². The molecule has 4 unspecified atom stereocenters. The molecule has 0 aromatic rings. The molecule has 3 rings (SSSR count). The van der Waals surface area contributed by atoms with E-state index in [0.29, 0.717) is 6.42 Å². The summed E-state index contributed by atoms with van der Waals surface area (Å²) >= 11 is 0. The predicted octanol–water partition coefficient (Wildman–Crippen LogP) is 0.744. The maximum absolute atomic E-state index is 14.2. The van der Waals surface area contributed by atoms with Gasteiger partial charge in [0.05, 0.1) is 30.2 Å². The number of unbranched alkanes of at least 4 members (excludes halogenated alkanes) is 4. The van der Waals surface area contributed by atoms with Crippen molar-refractivity contribution in [1.82, 2.24) is 26.6 Å². The fourth-order valence-corrected chi connectivity index (χ4v) is 11.2.